The number of rotatable bonds is 10. The molecule has 0 bridgehead atoms. The lowest BCUT2D eigenvalue weighted by Gasteiger charge is -2.07. The Morgan fingerprint density at radius 3 is 2.72 bits per heavy atom. The van der Waals surface area contributed by atoms with Crippen molar-refractivity contribution in [2.75, 3.05) is 13.1 Å². The normalized spacial score (nSPS) is 12.8. The lowest BCUT2D eigenvalue weighted by Crippen LogP contribution is -2.15. The molecule has 0 aromatic carbocycles. The number of H-pyrrole nitrogens is 2. The van der Waals surface area contributed by atoms with E-state index in [4.69, 9.17) is 0 Å². The minimum absolute atomic E-state index is 0.674. The Morgan fingerprint density at radius 1 is 1.17 bits per heavy atom. The zero-order chi connectivity index (χ0) is 25.5. The summed E-state index contributed by atoms with van der Waals surface area (Å²) >= 11 is 0. The van der Waals surface area contributed by atoms with E-state index in [1.165, 1.54) is 0 Å². The summed E-state index contributed by atoms with van der Waals surface area (Å²) in [6, 6.07) is 8.27. The minimum atomic E-state index is 0.674. The van der Waals surface area contributed by atoms with Crippen LogP contribution < -0.4 is 5.32 Å². The highest BCUT2D eigenvalue weighted by Crippen LogP contribution is 2.33. The van der Waals surface area contributed by atoms with Crippen molar-refractivity contribution in [3.63, 3.8) is 0 Å². The molecule has 0 saturated carbocycles. The first-order valence-electron chi connectivity index (χ1n) is 12.1. The summed E-state index contributed by atoms with van der Waals surface area (Å²) < 4.78 is 0. The molecule has 0 amide bonds. The van der Waals surface area contributed by atoms with Crippen LogP contribution in [-0.4, -0.2) is 38.2 Å². The fourth-order valence-electron chi connectivity index (χ4n) is 4.20. The third kappa shape index (κ3) is 5.19. The van der Waals surface area contributed by atoms with Gasteiger partial charge in [0, 0.05) is 52.9 Å². The average molecular weight is 477 g/mol. The van der Waals surface area contributed by atoms with E-state index in [0.717, 1.165) is 69.0 Å². The van der Waals surface area contributed by atoms with Crippen molar-refractivity contribution in [3.8, 4) is 11.4 Å². The number of allylic oxidation sites excluding steroid dienone is 5. The molecule has 4 rings (SSSR count). The standard InChI is InChI=1S/C30H32N6/c1-6-11-25(23-12-10-13-32-18-23)26-16-28(34-20(26)5)29-27-15-24(19-33-30(27)36-35-29)22(8-3)14-21(7-2)17-31-9-4/h6-8,10-16,18-19,31,34H,1-2,9,17H2,3-5H3,(H,33,35,36)/b21-14+,22-8+,25-11-. The molecule has 6 nitrogen and oxygen atoms in total. The first-order chi connectivity index (χ1) is 17.6. The van der Waals surface area contributed by atoms with Gasteiger partial charge in [0.25, 0.3) is 0 Å². The number of aromatic nitrogens is 5. The maximum atomic E-state index is 4.63. The van der Waals surface area contributed by atoms with Gasteiger partial charge in [-0.25, -0.2) is 4.98 Å². The first kappa shape index (κ1) is 24.8. The summed E-state index contributed by atoms with van der Waals surface area (Å²) in [5, 5.41) is 12.0. The molecule has 0 fully saturated rings. The molecular weight excluding hydrogens is 444 g/mol. The number of hydrogen-bond acceptors (Lipinski definition) is 4. The SMILES string of the molecule is C=C/C=C(/c1cccnc1)c1cc(-c2[nH]nc3ncc(C(/C=C(\C=C)CNCC)=C/C)cc23)[nH]c1C. The second-order valence-corrected chi connectivity index (χ2v) is 8.42. The van der Waals surface area contributed by atoms with Crippen molar-refractivity contribution in [2.24, 2.45) is 0 Å². The van der Waals surface area contributed by atoms with Crippen molar-refractivity contribution < 1.29 is 0 Å². The zero-order valence-electron chi connectivity index (χ0n) is 21.1. The van der Waals surface area contributed by atoms with Crippen LogP contribution in [0.5, 0.6) is 0 Å². The van der Waals surface area contributed by atoms with Gasteiger partial charge in [0.2, 0.25) is 0 Å². The fourth-order valence-corrected chi connectivity index (χ4v) is 4.20. The lowest BCUT2D eigenvalue weighted by atomic mass is 9.98. The molecule has 6 heteroatoms. The highest BCUT2D eigenvalue weighted by Gasteiger charge is 2.16. The molecular formula is C30H32N6. The molecule has 0 radical (unpaired) electrons. The number of likely N-dealkylation sites (N-methyl/N-ethyl adjacent to an activating group) is 1. The number of fused-ring (bicyclic) bond motifs is 1. The van der Waals surface area contributed by atoms with E-state index in [0.29, 0.717) is 5.65 Å². The quantitative estimate of drug-likeness (QED) is 0.231. The summed E-state index contributed by atoms with van der Waals surface area (Å²) in [5.41, 5.74) is 9.96. The van der Waals surface area contributed by atoms with Crippen LogP contribution in [0.1, 0.15) is 36.2 Å². The van der Waals surface area contributed by atoms with Crippen LogP contribution >= 0.6 is 0 Å². The Bertz CT molecular complexity index is 1460. The molecule has 0 atom stereocenters. The van der Waals surface area contributed by atoms with Gasteiger partial charge in [-0.3, -0.25) is 10.1 Å². The van der Waals surface area contributed by atoms with E-state index in [9.17, 15) is 0 Å². The zero-order valence-corrected chi connectivity index (χ0v) is 21.1. The second kappa shape index (κ2) is 11.4. The maximum absolute atomic E-state index is 4.63. The van der Waals surface area contributed by atoms with Crippen LogP contribution in [0.4, 0.5) is 0 Å². The minimum Gasteiger partial charge on any atom is -0.357 e. The first-order valence-corrected chi connectivity index (χ1v) is 12.1. The van der Waals surface area contributed by atoms with E-state index in [1.54, 1.807) is 12.3 Å². The molecule has 182 valence electrons. The molecule has 36 heavy (non-hydrogen) atoms. The summed E-state index contributed by atoms with van der Waals surface area (Å²) in [7, 11) is 0. The van der Waals surface area contributed by atoms with E-state index in [1.807, 2.05) is 37.5 Å². The van der Waals surface area contributed by atoms with Gasteiger partial charge in [-0.2, -0.15) is 5.10 Å². The van der Waals surface area contributed by atoms with Crippen LogP contribution in [0.15, 0.2) is 92.0 Å². The van der Waals surface area contributed by atoms with Crippen molar-refractivity contribution in [2.45, 2.75) is 20.8 Å². The summed E-state index contributed by atoms with van der Waals surface area (Å²) in [6.45, 7) is 15.7. The van der Waals surface area contributed by atoms with Crippen molar-refractivity contribution in [1.29, 1.82) is 0 Å². The van der Waals surface area contributed by atoms with Gasteiger partial charge in [0.05, 0.1) is 11.4 Å². The van der Waals surface area contributed by atoms with Gasteiger partial charge < -0.3 is 10.3 Å². The predicted molar refractivity (Wildman–Crippen MR) is 150 cm³/mol. The molecule has 3 N–H and O–H groups in total. The van der Waals surface area contributed by atoms with Crippen molar-refractivity contribution in [3.05, 3.63) is 114 Å². The summed E-state index contributed by atoms with van der Waals surface area (Å²) in [5.74, 6) is 0. The third-order valence-electron chi connectivity index (χ3n) is 6.07. The number of nitrogens with one attached hydrogen (secondary N) is 3. The predicted octanol–water partition coefficient (Wildman–Crippen LogP) is 6.40. The van der Waals surface area contributed by atoms with Gasteiger partial charge >= 0.3 is 0 Å². The van der Waals surface area contributed by atoms with Crippen LogP contribution in [0, 0.1) is 6.92 Å². The number of aromatic amines is 2. The van der Waals surface area contributed by atoms with Gasteiger partial charge in [-0.05, 0) is 55.3 Å². The Morgan fingerprint density at radius 2 is 2.03 bits per heavy atom. The Balaban J connectivity index is 1.76. The van der Waals surface area contributed by atoms with Gasteiger partial charge in [-0.1, -0.05) is 56.5 Å². The summed E-state index contributed by atoms with van der Waals surface area (Å²) in [6.07, 6.45) is 15.4. The molecule has 0 aliphatic carbocycles. The second-order valence-electron chi connectivity index (χ2n) is 8.42. The Kier molecular flexibility index (Phi) is 7.88. The van der Waals surface area contributed by atoms with Crippen molar-refractivity contribution >= 4 is 22.2 Å². The molecule has 4 aromatic heterocycles. The van der Waals surface area contributed by atoms with E-state index >= 15 is 0 Å². The van der Waals surface area contributed by atoms with Crippen LogP contribution in [0.2, 0.25) is 0 Å². The van der Waals surface area contributed by atoms with Crippen LogP contribution in [0.25, 0.3) is 33.6 Å². The third-order valence-corrected chi connectivity index (χ3v) is 6.07. The van der Waals surface area contributed by atoms with Gasteiger partial charge in [0.15, 0.2) is 5.65 Å². The molecule has 0 saturated heterocycles. The van der Waals surface area contributed by atoms with E-state index in [2.05, 4.69) is 87.8 Å². The molecule has 0 aliphatic rings. The molecule has 4 heterocycles. The number of aryl methyl sites for hydroxylation is 1. The highest BCUT2D eigenvalue weighted by molar-refractivity contribution is 5.94. The van der Waals surface area contributed by atoms with Gasteiger partial charge in [-0.15, -0.1) is 0 Å². The monoisotopic (exact) mass is 476 g/mol. The van der Waals surface area contributed by atoms with Crippen LogP contribution in [0.3, 0.4) is 0 Å². The van der Waals surface area contributed by atoms with Crippen molar-refractivity contribution in [1.82, 2.24) is 30.5 Å². The number of hydrogen-bond donors (Lipinski definition) is 3. The molecule has 4 aromatic rings. The molecule has 0 spiro atoms. The smallest absolute Gasteiger partial charge is 0.181 e. The van der Waals surface area contributed by atoms with Crippen LogP contribution in [-0.2, 0) is 0 Å². The van der Waals surface area contributed by atoms with E-state index in [-0.39, 0.29) is 0 Å². The Hall–Kier alpha value is -4.29. The lowest BCUT2D eigenvalue weighted by molar-refractivity contribution is 0.785. The molecule has 0 unspecified atom stereocenters. The molecule has 0 aliphatic heterocycles. The fraction of sp³-hybridized carbons (Fsp3) is 0.167. The van der Waals surface area contributed by atoms with Gasteiger partial charge in [0.1, 0.15) is 0 Å². The largest absolute Gasteiger partial charge is 0.357 e. The Labute approximate surface area is 212 Å². The summed E-state index contributed by atoms with van der Waals surface area (Å²) in [4.78, 5) is 12.5. The topological polar surface area (TPSA) is 82.3 Å². The van der Waals surface area contributed by atoms with E-state index < -0.39 is 0 Å². The number of nitrogens with zero attached hydrogens (tertiary/aromatic N) is 3. The number of pyridine rings is 2. The maximum Gasteiger partial charge on any atom is 0.181 e. The average Bonchev–Trinajstić information content (AvgIpc) is 3.50. The highest BCUT2D eigenvalue weighted by atomic mass is 15.2.